The predicted octanol–water partition coefficient (Wildman–Crippen LogP) is 3.83. The summed E-state index contributed by atoms with van der Waals surface area (Å²) < 4.78 is 0. The van der Waals surface area contributed by atoms with Crippen LogP contribution in [0.1, 0.15) is 13.8 Å². The number of benzene rings is 4. The van der Waals surface area contributed by atoms with Crippen LogP contribution in [-0.4, -0.2) is 11.9 Å². The summed E-state index contributed by atoms with van der Waals surface area (Å²) in [6.45, 7) is 1.94. The fraction of sp³-hybridized carbons (Fsp3) is 0.0526. The molecule has 0 aliphatic heterocycles. The summed E-state index contributed by atoms with van der Waals surface area (Å²) in [6.07, 6.45) is 0. The summed E-state index contributed by atoms with van der Waals surface area (Å²) in [6, 6.07) is 60.5. The van der Waals surface area contributed by atoms with Gasteiger partial charge in [-0.15, -0.1) is 0 Å². The molecule has 4 nitrogen and oxygen atoms in total. The number of carbonyl (C=O) groups excluding carboxylic acids is 2. The quantitative estimate of drug-likeness (QED) is 0.147. The van der Waals surface area contributed by atoms with Crippen molar-refractivity contribution in [3.8, 4) is 0 Å². The minimum absolute atomic E-state index is 0. The van der Waals surface area contributed by atoms with Gasteiger partial charge in [0.1, 0.15) is 0 Å². The molecular weight excluding hydrogens is 745 g/mol. The van der Waals surface area contributed by atoms with Crippen LogP contribution in [0, 0.1) is 0 Å². The molecule has 0 aromatic heterocycles. The van der Waals surface area contributed by atoms with Gasteiger partial charge in [0.25, 0.3) is 0 Å². The van der Waals surface area contributed by atoms with Gasteiger partial charge in [-0.05, 0) is 35.1 Å². The maximum Gasteiger partial charge on any atom is 2.00 e. The van der Waals surface area contributed by atoms with Gasteiger partial charge in [0.2, 0.25) is 0 Å². The molecule has 46 heavy (non-hydrogen) atoms. The number of carbonyl (C=O) groups is 2. The molecule has 0 aliphatic rings. The monoisotopic (exact) mass is 778 g/mol. The van der Waals surface area contributed by atoms with E-state index in [1.807, 2.05) is 0 Å². The summed E-state index contributed by atoms with van der Waals surface area (Å²) in [5.41, 5.74) is 0. The summed E-state index contributed by atoms with van der Waals surface area (Å²) in [4.78, 5) is 17.8. The van der Waals surface area contributed by atoms with Gasteiger partial charge in [-0.1, -0.05) is 137 Å². The van der Waals surface area contributed by atoms with E-state index in [0.29, 0.717) is 0 Å². The Balaban J connectivity index is 0.000000361. The topological polar surface area (TPSA) is 80.3 Å². The Morgan fingerprint density at radius 1 is 0.457 bits per heavy atom. The number of aliphatic carboxylic acids is 2. The fourth-order valence-electron chi connectivity index (χ4n) is 4.23. The second-order valence-electron chi connectivity index (χ2n) is 9.28. The van der Waals surface area contributed by atoms with Gasteiger partial charge in [-0.25, -0.2) is 12.1 Å². The van der Waals surface area contributed by atoms with E-state index in [0.717, 1.165) is 13.8 Å². The van der Waals surface area contributed by atoms with Crippen molar-refractivity contribution >= 4 is 59.6 Å². The largest absolute Gasteiger partial charge is 2.00 e. The average Bonchev–Trinajstić information content (AvgIpc) is 3.75. The van der Waals surface area contributed by atoms with Gasteiger partial charge < -0.3 is 19.8 Å². The molecule has 0 atom stereocenters. The fourth-order valence-corrected chi connectivity index (χ4v) is 8.84. The van der Waals surface area contributed by atoms with Crippen molar-refractivity contribution in [2.24, 2.45) is 0 Å². The van der Waals surface area contributed by atoms with E-state index in [-0.39, 0.29) is 37.5 Å². The smallest absolute Gasteiger partial charge is 0.550 e. The molecule has 0 heterocycles. The van der Waals surface area contributed by atoms with Gasteiger partial charge in [-0.2, -0.15) is 47.0 Å². The average molecular weight is 779 g/mol. The third-order valence-corrected chi connectivity index (χ3v) is 10.8. The van der Waals surface area contributed by atoms with Crippen LogP contribution in [0.15, 0.2) is 170 Å². The molecule has 6 rings (SSSR count). The molecule has 0 radical (unpaired) electrons. The molecule has 0 amide bonds. The standard InChI is InChI=1S/2C17H14P.2C2H4O2.Fe.Pd/c2*1-3-9-15(10-4-1)18(17-13-7-8-14-17)16-11-5-2-6-12-16;2*1-2(3)4;;/h2*1-14H;2*1H3,(H,3,4);;/q2*-1;;;2*+2/p-2. The van der Waals surface area contributed by atoms with Crippen molar-refractivity contribution in [3.05, 3.63) is 170 Å². The van der Waals surface area contributed by atoms with Crippen molar-refractivity contribution in [1.82, 2.24) is 0 Å². The maximum absolute atomic E-state index is 8.89. The van der Waals surface area contributed by atoms with E-state index < -0.39 is 27.8 Å². The molecule has 0 N–H and O–H groups in total. The molecule has 0 spiro atoms. The van der Waals surface area contributed by atoms with Crippen molar-refractivity contribution in [3.63, 3.8) is 0 Å². The van der Waals surface area contributed by atoms with E-state index >= 15 is 0 Å². The normalized spacial score (nSPS) is 9.48. The molecule has 6 aromatic carbocycles. The van der Waals surface area contributed by atoms with Gasteiger partial charge in [0.05, 0.1) is 0 Å². The molecular formula is C38H34FeO4P2Pd. The first-order valence-electron chi connectivity index (χ1n) is 14.0. The zero-order valence-corrected chi connectivity index (χ0v) is 29.8. The van der Waals surface area contributed by atoms with Crippen LogP contribution in [0.4, 0.5) is 0 Å². The Bertz CT molecular complexity index is 1400. The number of hydrogen-bond acceptors (Lipinski definition) is 4. The maximum atomic E-state index is 8.89. The first-order valence-corrected chi connectivity index (χ1v) is 16.6. The van der Waals surface area contributed by atoms with Crippen molar-refractivity contribution in [2.45, 2.75) is 13.8 Å². The van der Waals surface area contributed by atoms with Crippen LogP contribution in [-0.2, 0) is 47.1 Å². The molecule has 0 aliphatic carbocycles. The first kappa shape index (κ1) is 40.6. The molecule has 0 saturated carbocycles. The van der Waals surface area contributed by atoms with Crippen LogP contribution >= 0.6 is 15.8 Å². The Morgan fingerprint density at radius 2 is 0.674 bits per heavy atom. The van der Waals surface area contributed by atoms with Crippen molar-refractivity contribution in [1.29, 1.82) is 0 Å². The SMILES string of the molecule is CC(=O)[O-].CC(=O)[O-].[Fe+2].[Pd+2].c1ccc(P(c2ccccc2)c2cc[cH-]c2)cc1.c1ccc(P(c2ccccc2)c2cc[cH-]c2)cc1. The Morgan fingerprint density at radius 3 is 0.848 bits per heavy atom. The second-order valence-corrected chi connectivity index (χ2v) is 13.7. The van der Waals surface area contributed by atoms with Gasteiger partial charge in [-0.3, -0.25) is 0 Å². The summed E-state index contributed by atoms with van der Waals surface area (Å²) in [5.74, 6) is -2.17. The number of carboxylic acids is 2. The van der Waals surface area contributed by atoms with Crippen LogP contribution in [0.25, 0.3) is 0 Å². The number of rotatable bonds is 6. The zero-order chi connectivity index (χ0) is 31.6. The Kier molecular flexibility index (Phi) is 20.3. The van der Waals surface area contributed by atoms with Gasteiger partial charge in [0, 0.05) is 11.9 Å². The Hall–Kier alpha value is -3.44. The molecule has 238 valence electrons. The van der Waals surface area contributed by atoms with E-state index in [4.69, 9.17) is 19.8 Å². The van der Waals surface area contributed by atoms with Crippen LogP contribution < -0.4 is 42.0 Å². The van der Waals surface area contributed by atoms with Crippen LogP contribution in [0.3, 0.4) is 0 Å². The van der Waals surface area contributed by atoms with Crippen LogP contribution in [0.5, 0.6) is 0 Å². The third kappa shape index (κ3) is 14.3. The second kappa shape index (κ2) is 23.0. The van der Waals surface area contributed by atoms with E-state index in [1.165, 1.54) is 31.8 Å². The third-order valence-electron chi connectivity index (χ3n) is 5.86. The van der Waals surface area contributed by atoms with Crippen molar-refractivity contribution < 1.29 is 57.3 Å². The summed E-state index contributed by atoms with van der Waals surface area (Å²) in [7, 11) is -0.818. The zero-order valence-electron chi connectivity index (χ0n) is 25.4. The molecule has 8 heteroatoms. The first-order chi connectivity index (χ1) is 21.4. The summed E-state index contributed by atoms with van der Waals surface area (Å²) >= 11 is 0. The van der Waals surface area contributed by atoms with Gasteiger partial charge >= 0.3 is 37.5 Å². The molecule has 0 unspecified atom stereocenters. The van der Waals surface area contributed by atoms with Crippen molar-refractivity contribution in [2.75, 3.05) is 0 Å². The Labute approximate surface area is 298 Å². The minimum Gasteiger partial charge on any atom is -0.550 e. The molecule has 6 aromatic rings. The number of carboxylic acid groups (broad SMARTS) is 2. The predicted molar refractivity (Wildman–Crippen MR) is 183 cm³/mol. The minimum atomic E-state index is -1.08. The van der Waals surface area contributed by atoms with Gasteiger partial charge in [0.15, 0.2) is 0 Å². The molecule has 0 saturated heterocycles. The van der Waals surface area contributed by atoms with E-state index in [9.17, 15) is 0 Å². The van der Waals surface area contributed by atoms with E-state index in [1.54, 1.807) is 0 Å². The molecule has 0 bridgehead atoms. The van der Waals surface area contributed by atoms with E-state index in [2.05, 4.69) is 170 Å². The summed E-state index contributed by atoms with van der Waals surface area (Å²) in [5, 5.41) is 26.2. The van der Waals surface area contributed by atoms with Crippen LogP contribution in [0.2, 0.25) is 0 Å². The number of hydrogen-bond donors (Lipinski definition) is 0. The molecule has 0 fully saturated rings.